The number of rotatable bonds is 0. The smallest absolute Gasteiger partial charge is 0.138 e. The standard InChI is InChI=1S/C12H18O2/c13-10-5-8-3-1-2-4-12(8)6-9(10)11(14)7-12/h8-9,11,14H,1-7H2/t8-,9+,11-,12+/m1/s1. The highest BCUT2D eigenvalue weighted by Crippen LogP contribution is 2.59. The molecule has 0 aliphatic heterocycles. The van der Waals surface area contributed by atoms with Crippen LogP contribution in [0.2, 0.25) is 0 Å². The number of carbonyl (C=O) groups excluding carboxylic acids is 1. The van der Waals surface area contributed by atoms with Crippen molar-refractivity contribution >= 4 is 5.78 Å². The molecule has 1 spiro atoms. The van der Waals surface area contributed by atoms with E-state index in [0.29, 0.717) is 17.1 Å². The molecule has 3 fully saturated rings. The minimum atomic E-state index is -0.314. The van der Waals surface area contributed by atoms with E-state index in [1.165, 1.54) is 25.7 Å². The molecule has 1 N–H and O–H groups in total. The zero-order valence-corrected chi connectivity index (χ0v) is 8.54. The van der Waals surface area contributed by atoms with Crippen LogP contribution in [0, 0.1) is 17.3 Å². The Balaban J connectivity index is 1.94. The van der Waals surface area contributed by atoms with Crippen molar-refractivity contribution in [1.82, 2.24) is 0 Å². The van der Waals surface area contributed by atoms with E-state index in [9.17, 15) is 9.90 Å². The average Bonchev–Trinajstić information content (AvgIpc) is 2.44. The van der Waals surface area contributed by atoms with E-state index >= 15 is 0 Å². The Bertz CT molecular complexity index is 273. The lowest BCUT2D eigenvalue weighted by molar-refractivity contribution is -0.130. The van der Waals surface area contributed by atoms with E-state index in [2.05, 4.69) is 0 Å². The van der Waals surface area contributed by atoms with Gasteiger partial charge in [0.1, 0.15) is 5.78 Å². The molecule has 0 aromatic heterocycles. The molecular formula is C12H18O2. The quantitative estimate of drug-likeness (QED) is 0.639. The van der Waals surface area contributed by atoms with Gasteiger partial charge in [-0.15, -0.1) is 0 Å². The van der Waals surface area contributed by atoms with Crippen molar-refractivity contribution in [3.63, 3.8) is 0 Å². The predicted molar refractivity (Wildman–Crippen MR) is 52.7 cm³/mol. The van der Waals surface area contributed by atoms with Crippen molar-refractivity contribution in [2.45, 2.75) is 51.0 Å². The lowest BCUT2D eigenvalue weighted by atomic mass is 9.60. The number of fused-ring (bicyclic) bond motifs is 1. The number of ketones is 1. The number of hydrogen-bond donors (Lipinski definition) is 1. The number of aliphatic hydroxyl groups excluding tert-OH is 1. The summed E-state index contributed by atoms with van der Waals surface area (Å²) >= 11 is 0. The molecule has 0 aromatic carbocycles. The monoisotopic (exact) mass is 194 g/mol. The molecule has 0 aromatic rings. The molecule has 78 valence electrons. The molecule has 4 atom stereocenters. The van der Waals surface area contributed by atoms with E-state index < -0.39 is 0 Å². The fourth-order valence-corrected chi connectivity index (χ4v) is 4.17. The van der Waals surface area contributed by atoms with Crippen LogP contribution < -0.4 is 0 Å². The van der Waals surface area contributed by atoms with Crippen LogP contribution in [0.4, 0.5) is 0 Å². The largest absolute Gasteiger partial charge is 0.392 e. The molecule has 0 amide bonds. The number of Topliss-reactive ketones (excluding diaryl/α,β-unsaturated/α-hetero) is 1. The van der Waals surface area contributed by atoms with Crippen LogP contribution in [-0.4, -0.2) is 17.0 Å². The third-order valence-electron chi connectivity index (χ3n) is 4.91. The van der Waals surface area contributed by atoms with Gasteiger partial charge in [-0.3, -0.25) is 4.79 Å². The number of carbonyl (C=O) groups is 1. The van der Waals surface area contributed by atoms with Gasteiger partial charge in [-0.25, -0.2) is 0 Å². The summed E-state index contributed by atoms with van der Waals surface area (Å²) in [5.41, 5.74) is 0.371. The van der Waals surface area contributed by atoms with Gasteiger partial charge in [-0.05, 0) is 37.0 Å². The van der Waals surface area contributed by atoms with Crippen LogP contribution in [0.1, 0.15) is 44.9 Å². The molecule has 0 radical (unpaired) electrons. The van der Waals surface area contributed by atoms with Crippen molar-refractivity contribution in [2.24, 2.45) is 17.3 Å². The zero-order valence-electron chi connectivity index (χ0n) is 8.54. The molecule has 2 heteroatoms. The molecule has 3 aliphatic rings. The van der Waals surface area contributed by atoms with Gasteiger partial charge in [0.15, 0.2) is 0 Å². The Hall–Kier alpha value is -0.370. The molecule has 0 heterocycles. The predicted octanol–water partition coefficient (Wildman–Crippen LogP) is 1.91. The third kappa shape index (κ3) is 1.04. The zero-order chi connectivity index (χ0) is 9.76. The van der Waals surface area contributed by atoms with Crippen LogP contribution in [0.25, 0.3) is 0 Å². The lowest BCUT2D eigenvalue weighted by Gasteiger charge is -2.43. The third-order valence-corrected chi connectivity index (χ3v) is 4.91. The maximum Gasteiger partial charge on any atom is 0.138 e. The van der Waals surface area contributed by atoms with Crippen LogP contribution >= 0.6 is 0 Å². The van der Waals surface area contributed by atoms with Crippen molar-refractivity contribution in [1.29, 1.82) is 0 Å². The summed E-state index contributed by atoms with van der Waals surface area (Å²) in [5.74, 6) is 0.957. The van der Waals surface area contributed by atoms with Gasteiger partial charge in [0, 0.05) is 12.3 Å². The first-order valence-electron chi connectivity index (χ1n) is 5.92. The fourth-order valence-electron chi connectivity index (χ4n) is 4.17. The molecular weight excluding hydrogens is 176 g/mol. The summed E-state index contributed by atoms with van der Waals surface area (Å²) in [6.45, 7) is 0. The van der Waals surface area contributed by atoms with Crippen LogP contribution in [0.3, 0.4) is 0 Å². The van der Waals surface area contributed by atoms with Gasteiger partial charge in [-0.2, -0.15) is 0 Å². The van der Waals surface area contributed by atoms with Crippen LogP contribution in [-0.2, 0) is 4.79 Å². The summed E-state index contributed by atoms with van der Waals surface area (Å²) in [6.07, 6.45) is 7.45. The highest BCUT2D eigenvalue weighted by Gasteiger charge is 2.55. The topological polar surface area (TPSA) is 37.3 Å². The molecule has 2 nitrogen and oxygen atoms in total. The van der Waals surface area contributed by atoms with Crippen molar-refractivity contribution in [2.75, 3.05) is 0 Å². The molecule has 2 bridgehead atoms. The summed E-state index contributed by atoms with van der Waals surface area (Å²) in [5, 5.41) is 9.88. The first-order chi connectivity index (χ1) is 6.71. The normalized spacial score (nSPS) is 51.8. The van der Waals surface area contributed by atoms with Gasteiger partial charge < -0.3 is 5.11 Å². The lowest BCUT2D eigenvalue weighted by Crippen LogP contribution is -2.38. The van der Waals surface area contributed by atoms with E-state index in [4.69, 9.17) is 0 Å². The highest BCUT2D eigenvalue weighted by molar-refractivity contribution is 5.83. The maximum atomic E-state index is 11.8. The first-order valence-corrected chi connectivity index (χ1v) is 5.92. The maximum absolute atomic E-state index is 11.8. The van der Waals surface area contributed by atoms with E-state index in [1.54, 1.807) is 0 Å². The second-order valence-electron chi connectivity index (χ2n) is 5.56. The van der Waals surface area contributed by atoms with Gasteiger partial charge in [0.05, 0.1) is 6.10 Å². The molecule has 3 rings (SSSR count). The molecule has 3 saturated carbocycles. The molecule has 0 saturated heterocycles. The summed E-state index contributed by atoms with van der Waals surface area (Å²) < 4.78 is 0. The van der Waals surface area contributed by atoms with Crippen LogP contribution in [0.5, 0.6) is 0 Å². The van der Waals surface area contributed by atoms with Gasteiger partial charge in [-0.1, -0.05) is 12.8 Å². The summed E-state index contributed by atoms with van der Waals surface area (Å²) in [7, 11) is 0. The van der Waals surface area contributed by atoms with E-state index in [0.717, 1.165) is 19.3 Å². The Labute approximate surface area is 84.7 Å². The van der Waals surface area contributed by atoms with Crippen molar-refractivity contribution in [3.05, 3.63) is 0 Å². The summed E-state index contributed by atoms with van der Waals surface area (Å²) in [4.78, 5) is 11.8. The fraction of sp³-hybridized carbons (Fsp3) is 0.917. The Morgan fingerprint density at radius 1 is 1.29 bits per heavy atom. The highest BCUT2D eigenvalue weighted by atomic mass is 16.3. The van der Waals surface area contributed by atoms with Crippen molar-refractivity contribution in [3.8, 4) is 0 Å². The van der Waals surface area contributed by atoms with E-state index in [-0.39, 0.29) is 12.0 Å². The second kappa shape index (κ2) is 2.82. The molecule has 14 heavy (non-hydrogen) atoms. The van der Waals surface area contributed by atoms with Crippen LogP contribution in [0.15, 0.2) is 0 Å². The van der Waals surface area contributed by atoms with Crippen molar-refractivity contribution < 1.29 is 9.90 Å². The van der Waals surface area contributed by atoms with Gasteiger partial charge >= 0.3 is 0 Å². The second-order valence-corrected chi connectivity index (χ2v) is 5.56. The van der Waals surface area contributed by atoms with Gasteiger partial charge in [0.25, 0.3) is 0 Å². The Kier molecular flexibility index (Phi) is 1.79. The Morgan fingerprint density at radius 3 is 3.00 bits per heavy atom. The minimum absolute atomic E-state index is 0.00403. The minimum Gasteiger partial charge on any atom is -0.392 e. The van der Waals surface area contributed by atoms with Gasteiger partial charge in [0.2, 0.25) is 0 Å². The number of hydrogen-bond acceptors (Lipinski definition) is 2. The molecule has 3 aliphatic carbocycles. The SMILES string of the molecule is O=C1C[C@H]2CCCC[C@]23C[C@@H](O)[C@H]1C3. The number of aliphatic hydroxyl groups is 1. The summed E-state index contributed by atoms with van der Waals surface area (Å²) in [6, 6.07) is 0. The van der Waals surface area contributed by atoms with E-state index in [1.807, 2.05) is 0 Å². The first kappa shape index (κ1) is 8.90. The Morgan fingerprint density at radius 2 is 2.14 bits per heavy atom. The molecule has 0 unspecified atom stereocenters. The average molecular weight is 194 g/mol.